The molecule has 1 aromatic heterocycles. The van der Waals surface area contributed by atoms with Crippen LogP contribution < -0.4 is 0 Å². The first-order valence-electron chi connectivity index (χ1n) is 5.55. The first-order chi connectivity index (χ1) is 8.20. The van der Waals surface area contributed by atoms with Gasteiger partial charge in [0.2, 0.25) is 0 Å². The first kappa shape index (κ1) is 13.1. The molecule has 1 heterocycles. The van der Waals surface area contributed by atoms with Gasteiger partial charge in [-0.1, -0.05) is 24.3 Å². The van der Waals surface area contributed by atoms with Crippen LogP contribution in [0.15, 0.2) is 40.2 Å². The Morgan fingerprint density at radius 3 is 2.71 bits per heavy atom. The molecule has 1 aromatic carbocycles. The molecule has 0 nitrogen and oxygen atoms in total. The number of rotatable bonds is 4. The molecule has 0 saturated carbocycles. The molecule has 0 saturated heterocycles. The van der Waals surface area contributed by atoms with Gasteiger partial charge in [-0.2, -0.15) is 0 Å². The van der Waals surface area contributed by atoms with E-state index in [2.05, 4.69) is 58.6 Å². The average Bonchev–Trinajstić information content (AvgIpc) is 2.73. The molecular formula is C14H14BrClS. The smallest absolute Gasteiger partial charge is 0.0295 e. The number of thiophene rings is 1. The molecule has 0 N–H and O–H groups in total. The summed E-state index contributed by atoms with van der Waals surface area (Å²) < 4.78 is 1.16. The molecule has 0 radical (unpaired) electrons. The van der Waals surface area contributed by atoms with Gasteiger partial charge in [0.15, 0.2) is 0 Å². The number of halogens is 2. The summed E-state index contributed by atoms with van der Waals surface area (Å²) in [6.07, 6.45) is 1.02. The molecule has 0 fully saturated rings. The summed E-state index contributed by atoms with van der Waals surface area (Å²) in [6.45, 7) is 2.15. The average molecular weight is 330 g/mol. The van der Waals surface area contributed by atoms with Crippen molar-refractivity contribution in [2.45, 2.75) is 19.3 Å². The predicted molar refractivity (Wildman–Crippen MR) is 80.4 cm³/mol. The van der Waals surface area contributed by atoms with Gasteiger partial charge >= 0.3 is 0 Å². The summed E-state index contributed by atoms with van der Waals surface area (Å²) in [5.41, 5.74) is 2.70. The van der Waals surface area contributed by atoms with Gasteiger partial charge in [0.05, 0.1) is 0 Å². The van der Waals surface area contributed by atoms with E-state index < -0.39 is 0 Å². The molecule has 0 amide bonds. The lowest BCUT2D eigenvalue weighted by Crippen LogP contribution is -2.05. The summed E-state index contributed by atoms with van der Waals surface area (Å²) >= 11 is 11.4. The topological polar surface area (TPSA) is 0 Å². The van der Waals surface area contributed by atoms with Gasteiger partial charge in [0.1, 0.15) is 0 Å². The van der Waals surface area contributed by atoms with E-state index in [1.54, 1.807) is 11.3 Å². The second kappa shape index (κ2) is 6.03. The molecule has 1 atom stereocenters. The van der Waals surface area contributed by atoms with Crippen molar-refractivity contribution in [3.8, 4) is 0 Å². The molecule has 3 heteroatoms. The van der Waals surface area contributed by atoms with E-state index in [0.29, 0.717) is 11.8 Å². The van der Waals surface area contributed by atoms with E-state index in [1.807, 2.05) is 0 Å². The lowest BCUT2D eigenvalue weighted by Gasteiger charge is -2.15. The Labute approximate surface area is 120 Å². The van der Waals surface area contributed by atoms with Crippen LogP contribution in [0, 0.1) is 6.92 Å². The third-order valence-electron chi connectivity index (χ3n) is 2.88. The first-order valence-corrected chi connectivity index (χ1v) is 7.76. The van der Waals surface area contributed by atoms with Gasteiger partial charge in [-0.3, -0.25) is 0 Å². The Hall–Kier alpha value is -0.310. The van der Waals surface area contributed by atoms with Crippen LogP contribution in [0.25, 0.3) is 0 Å². The Balaban J connectivity index is 2.20. The second-order valence-electron chi connectivity index (χ2n) is 4.14. The van der Waals surface area contributed by atoms with Crippen molar-refractivity contribution in [1.29, 1.82) is 0 Å². The van der Waals surface area contributed by atoms with Gasteiger partial charge in [0.25, 0.3) is 0 Å². The van der Waals surface area contributed by atoms with Crippen molar-refractivity contribution in [1.82, 2.24) is 0 Å². The van der Waals surface area contributed by atoms with Crippen molar-refractivity contribution >= 4 is 38.9 Å². The maximum atomic E-state index is 6.12. The summed E-state index contributed by atoms with van der Waals surface area (Å²) in [5, 5.41) is 2.12. The zero-order valence-corrected chi connectivity index (χ0v) is 12.8. The van der Waals surface area contributed by atoms with E-state index in [-0.39, 0.29) is 0 Å². The quantitative estimate of drug-likeness (QED) is 0.660. The van der Waals surface area contributed by atoms with Gasteiger partial charge in [-0.05, 0) is 46.5 Å². The zero-order valence-electron chi connectivity index (χ0n) is 9.62. The molecule has 2 rings (SSSR count). The van der Waals surface area contributed by atoms with Gasteiger partial charge in [-0.15, -0.1) is 22.9 Å². The van der Waals surface area contributed by atoms with E-state index in [0.717, 1.165) is 10.9 Å². The number of alkyl halides is 1. The molecule has 2 aromatic rings. The molecule has 90 valence electrons. The molecule has 1 unspecified atom stereocenters. The molecule has 0 spiro atoms. The molecule has 17 heavy (non-hydrogen) atoms. The largest absolute Gasteiger partial charge is 0.148 e. The maximum Gasteiger partial charge on any atom is 0.0295 e. The van der Waals surface area contributed by atoms with Crippen LogP contribution in [0.2, 0.25) is 0 Å². The summed E-state index contributed by atoms with van der Waals surface area (Å²) in [6, 6.07) is 10.7. The second-order valence-corrected chi connectivity index (χ2v) is 6.36. The minimum Gasteiger partial charge on any atom is -0.148 e. The van der Waals surface area contributed by atoms with E-state index in [9.17, 15) is 0 Å². The molecule has 0 aliphatic rings. The molecule has 0 bridgehead atoms. The SMILES string of the molecule is Cc1ccccc1C(CCl)Cc1cc(Br)cs1. The van der Waals surface area contributed by atoms with Crippen molar-refractivity contribution in [2.75, 3.05) is 5.88 Å². The van der Waals surface area contributed by atoms with Crippen LogP contribution >= 0.6 is 38.9 Å². The number of benzene rings is 1. The fourth-order valence-corrected chi connectivity index (χ4v) is 3.80. The van der Waals surface area contributed by atoms with Crippen LogP contribution in [0.3, 0.4) is 0 Å². The highest BCUT2D eigenvalue weighted by Gasteiger charge is 2.14. The summed E-state index contributed by atoms with van der Waals surface area (Å²) in [7, 11) is 0. The minimum absolute atomic E-state index is 0.406. The Kier molecular flexibility index (Phi) is 4.66. The van der Waals surface area contributed by atoms with E-state index in [1.165, 1.54) is 16.0 Å². The van der Waals surface area contributed by atoms with Crippen molar-refractivity contribution < 1.29 is 0 Å². The summed E-state index contributed by atoms with van der Waals surface area (Å²) in [4.78, 5) is 1.38. The minimum atomic E-state index is 0.406. The Bertz CT molecular complexity index is 492. The third-order valence-corrected chi connectivity index (χ3v) is 4.98. The Morgan fingerprint density at radius 2 is 2.12 bits per heavy atom. The van der Waals surface area contributed by atoms with Crippen LogP contribution in [0.5, 0.6) is 0 Å². The fourth-order valence-electron chi connectivity index (χ4n) is 2.00. The summed E-state index contributed by atoms with van der Waals surface area (Å²) in [5.74, 6) is 1.07. The number of hydrogen-bond acceptors (Lipinski definition) is 1. The normalized spacial score (nSPS) is 12.6. The van der Waals surface area contributed by atoms with Crippen LogP contribution in [0.4, 0.5) is 0 Å². The molecule has 0 aliphatic carbocycles. The monoisotopic (exact) mass is 328 g/mol. The van der Waals surface area contributed by atoms with Gasteiger partial charge in [-0.25, -0.2) is 0 Å². The number of aryl methyl sites for hydroxylation is 1. The van der Waals surface area contributed by atoms with E-state index in [4.69, 9.17) is 11.6 Å². The van der Waals surface area contributed by atoms with Gasteiger partial charge in [0, 0.05) is 26.5 Å². The lowest BCUT2D eigenvalue weighted by molar-refractivity contribution is 0.769. The highest BCUT2D eigenvalue weighted by molar-refractivity contribution is 9.10. The maximum absolute atomic E-state index is 6.12. The fraction of sp³-hybridized carbons (Fsp3) is 0.286. The molecular weight excluding hydrogens is 316 g/mol. The van der Waals surface area contributed by atoms with Crippen LogP contribution in [-0.2, 0) is 6.42 Å². The predicted octanol–water partition coefficient (Wildman–Crippen LogP) is 5.38. The van der Waals surface area contributed by atoms with Crippen molar-refractivity contribution in [3.05, 3.63) is 56.2 Å². The molecule has 0 aliphatic heterocycles. The van der Waals surface area contributed by atoms with E-state index >= 15 is 0 Å². The van der Waals surface area contributed by atoms with Crippen LogP contribution in [0.1, 0.15) is 21.9 Å². The highest BCUT2D eigenvalue weighted by atomic mass is 79.9. The zero-order chi connectivity index (χ0) is 12.3. The van der Waals surface area contributed by atoms with Crippen molar-refractivity contribution in [3.63, 3.8) is 0 Å². The highest BCUT2D eigenvalue weighted by Crippen LogP contribution is 2.29. The number of hydrogen-bond donors (Lipinski definition) is 0. The van der Waals surface area contributed by atoms with Gasteiger partial charge < -0.3 is 0 Å². The Morgan fingerprint density at radius 1 is 1.35 bits per heavy atom. The standard InChI is InChI=1S/C14H14BrClS/c1-10-4-2-3-5-14(10)11(8-16)6-13-7-12(15)9-17-13/h2-5,7,9,11H,6,8H2,1H3. The lowest BCUT2D eigenvalue weighted by atomic mass is 9.93. The van der Waals surface area contributed by atoms with Crippen molar-refractivity contribution in [2.24, 2.45) is 0 Å². The third kappa shape index (κ3) is 3.34. The van der Waals surface area contributed by atoms with Crippen LogP contribution in [-0.4, -0.2) is 5.88 Å².